The van der Waals surface area contributed by atoms with E-state index in [0.717, 1.165) is 5.57 Å². The zero-order chi connectivity index (χ0) is 39.4. The molecule has 284 valence electrons. The van der Waals surface area contributed by atoms with E-state index in [9.17, 15) is 51.9 Å². The second-order valence-electron chi connectivity index (χ2n) is 13.2. The summed E-state index contributed by atoms with van der Waals surface area (Å²) in [6, 6.07) is 5.45. The number of fused-ring (bicyclic) bond motifs is 2. The van der Waals surface area contributed by atoms with Crippen molar-refractivity contribution in [2.45, 2.75) is 55.2 Å². The summed E-state index contributed by atoms with van der Waals surface area (Å²) in [6.45, 7) is 8.84. The van der Waals surface area contributed by atoms with Crippen LogP contribution in [0.5, 0.6) is 0 Å². The van der Waals surface area contributed by atoms with Crippen LogP contribution < -0.4 is 4.90 Å². The van der Waals surface area contributed by atoms with E-state index in [1.54, 1.807) is 45.9 Å². The summed E-state index contributed by atoms with van der Waals surface area (Å²) in [6.07, 6.45) is 10.5. The van der Waals surface area contributed by atoms with E-state index in [2.05, 4.69) is 0 Å². The number of rotatable bonds is 12. The molecule has 0 amide bonds. The molecule has 4 N–H and O–H groups in total. The molecule has 2 heterocycles. The van der Waals surface area contributed by atoms with Gasteiger partial charge in [0.05, 0.1) is 16.7 Å². The molecular weight excluding hydrogens is 994 g/mol. The summed E-state index contributed by atoms with van der Waals surface area (Å²) in [5.74, 6) is -1.19. The van der Waals surface area contributed by atoms with Gasteiger partial charge in [0.25, 0.3) is 40.5 Å². The molecule has 0 spiro atoms. The molecule has 0 aliphatic carbocycles. The smallest absolute Gasteiger partial charge is 0.295 e. The Labute approximate surface area is 331 Å². The molecule has 0 saturated carbocycles. The van der Waals surface area contributed by atoms with E-state index >= 15 is 0 Å². The van der Waals surface area contributed by atoms with E-state index in [4.69, 9.17) is 0 Å². The van der Waals surface area contributed by atoms with Crippen LogP contribution in [0.3, 0.4) is 0 Å². The van der Waals surface area contributed by atoms with Gasteiger partial charge in [-0.05, 0) is 90.2 Å². The van der Waals surface area contributed by atoms with Crippen LogP contribution >= 0.6 is 45.2 Å². The van der Waals surface area contributed by atoms with E-state index in [0.29, 0.717) is 33.9 Å². The molecule has 2 aliphatic rings. The highest BCUT2D eigenvalue weighted by atomic mass is 131. The van der Waals surface area contributed by atoms with Crippen molar-refractivity contribution < 1.29 is 56.5 Å². The molecule has 0 aromatic heterocycles. The van der Waals surface area contributed by atoms with Crippen LogP contribution in [0.4, 0.5) is 11.4 Å². The first-order valence-corrected chi connectivity index (χ1v) is 23.5. The van der Waals surface area contributed by atoms with Crippen molar-refractivity contribution in [2.24, 2.45) is 0 Å². The van der Waals surface area contributed by atoms with Gasteiger partial charge in [0.1, 0.15) is 15.5 Å². The lowest BCUT2D eigenvalue weighted by molar-refractivity contribution is -0.432. The van der Waals surface area contributed by atoms with Gasteiger partial charge in [0, 0.05) is 48.2 Å². The average Bonchev–Trinajstić information content (AvgIpc) is 3.32. The highest BCUT2D eigenvalue weighted by Crippen LogP contribution is 2.51. The van der Waals surface area contributed by atoms with Crippen LogP contribution in [0.1, 0.15) is 45.7 Å². The molecule has 0 bridgehead atoms. The molecular formula is C32H37I2N2O12S4+. The third-order valence-corrected chi connectivity index (χ3v) is 15.0. The molecule has 52 heavy (non-hydrogen) atoms. The number of hydrogen-bond donors (Lipinski definition) is 4. The fraction of sp³-hybridized carbons (Fsp3) is 0.344. The average molecular weight is 1030 g/mol. The van der Waals surface area contributed by atoms with Crippen LogP contribution in [0.2, 0.25) is 0 Å². The first-order chi connectivity index (χ1) is 23.6. The molecule has 0 atom stereocenters. The maximum absolute atomic E-state index is 12.1. The van der Waals surface area contributed by atoms with E-state index in [-0.39, 0.29) is 30.0 Å². The van der Waals surface area contributed by atoms with E-state index in [1.165, 1.54) is 24.3 Å². The van der Waals surface area contributed by atoms with Gasteiger partial charge in [-0.15, -0.1) is 0 Å². The predicted octanol–water partition coefficient (Wildman–Crippen LogP) is 5.28. The number of anilines is 1. The lowest BCUT2D eigenvalue weighted by atomic mass is 9.81. The quantitative estimate of drug-likeness (QED) is 0.0921. The van der Waals surface area contributed by atoms with Gasteiger partial charge in [-0.3, -0.25) is 18.2 Å². The second-order valence-corrected chi connectivity index (χ2v) is 21.3. The van der Waals surface area contributed by atoms with Gasteiger partial charge >= 0.3 is 0 Å². The van der Waals surface area contributed by atoms with Crippen molar-refractivity contribution in [3.63, 3.8) is 0 Å². The summed E-state index contributed by atoms with van der Waals surface area (Å²) >= 11 is 3.68. The minimum absolute atomic E-state index is 0.136. The van der Waals surface area contributed by atoms with Crippen molar-refractivity contribution in [1.29, 1.82) is 0 Å². The molecule has 2 aromatic rings. The summed E-state index contributed by atoms with van der Waals surface area (Å²) < 4.78 is 136. The molecule has 4 rings (SSSR count). The molecule has 0 radical (unpaired) electrons. The van der Waals surface area contributed by atoms with Crippen LogP contribution in [0.25, 0.3) is 0 Å². The maximum atomic E-state index is 12.1. The maximum Gasteiger partial charge on any atom is 0.295 e. The number of benzene rings is 2. The SMILES string of the molecule is CC(/C=C/C=C1/N(CCS(=O)(=O)O)c2ccc(S(=O)(=O)O)c([131I])c2C1(C)C)=C\C=C\C1=[N+](CCS(=O)(=O)O)c2ccc(S(=O)(=O)O)c([131I])c2C1(C)C. The number of halogens is 2. The molecule has 0 unspecified atom stereocenters. The predicted molar refractivity (Wildman–Crippen MR) is 214 cm³/mol. The summed E-state index contributed by atoms with van der Waals surface area (Å²) in [7, 11) is -17.8. The molecule has 0 fully saturated rings. The lowest BCUT2D eigenvalue weighted by Gasteiger charge is -2.26. The highest BCUT2D eigenvalue weighted by molar-refractivity contribution is 14.1. The van der Waals surface area contributed by atoms with Crippen molar-refractivity contribution in [1.82, 2.24) is 0 Å². The van der Waals surface area contributed by atoms with Gasteiger partial charge in [0.2, 0.25) is 5.69 Å². The summed E-state index contributed by atoms with van der Waals surface area (Å²) in [4.78, 5) is 1.11. The highest BCUT2D eigenvalue weighted by Gasteiger charge is 2.47. The van der Waals surface area contributed by atoms with Crippen molar-refractivity contribution in [3.05, 3.63) is 90.3 Å². The van der Waals surface area contributed by atoms with Gasteiger partial charge in [-0.2, -0.15) is 38.2 Å². The Morgan fingerprint density at radius 3 is 1.85 bits per heavy atom. The minimum Gasteiger partial charge on any atom is -0.343 e. The Kier molecular flexibility index (Phi) is 12.2. The lowest BCUT2D eigenvalue weighted by Crippen LogP contribution is -2.30. The topological polar surface area (TPSA) is 224 Å². The zero-order valence-electron chi connectivity index (χ0n) is 28.4. The number of hydrogen-bond acceptors (Lipinski definition) is 9. The van der Waals surface area contributed by atoms with Crippen LogP contribution in [-0.4, -0.2) is 86.8 Å². The molecule has 2 aliphatic heterocycles. The number of allylic oxidation sites excluding steroid dienone is 8. The van der Waals surface area contributed by atoms with Gasteiger partial charge < -0.3 is 4.90 Å². The zero-order valence-corrected chi connectivity index (χ0v) is 36.0. The van der Waals surface area contributed by atoms with Crippen LogP contribution in [-0.2, 0) is 51.3 Å². The monoisotopic (exact) mass is 1030 g/mol. The van der Waals surface area contributed by atoms with Crippen molar-refractivity contribution in [3.8, 4) is 0 Å². The first kappa shape index (κ1) is 42.7. The summed E-state index contributed by atoms with van der Waals surface area (Å²) in [5, 5.41) is 0. The number of nitrogens with zero attached hydrogens (tertiary/aromatic N) is 2. The molecule has 0 saturated heterocycles. The minimum atomic E-state index is -4.55. The first-order valence-electron chi connectivity index (χ1n) is 15.3. The summed E-state index contributed by atoms with van der Waals surface area (Å²) in [5.41, 5.74) is 2.40. The third kappa shape index (κ3) is 9.08. The fourth-order valence-electron chi connectivity index (χ4n) is 6.45. The van der Waals surface area contributed by atoms with Gasteiger partial charge in [0.15, 0.2) is 12.3 Å². The largest absolute Gasteiger partial charge is 0.343 e. The third-order valence-electron chi connectivity index (χ3n) is 8.79. The Morgan fingerprint density at radius 1 is 0.769 bits per heavy atom. The molecule has 14 nitrogen and oxygen atoms in total. The van der Waals surface area contributed by atoms with E-state index < -0.39 is 62.8 Å². The normalized spacial score (nSPS) is 18.6. The Bertz CT molecular complexity index is 2450. The molecule has 20 heteroatoms. The Morgan fingerprint density at radius 2 is 1.31 bits per heavy atom. The Hall–Kier alpha value is -2.03. The molecule has 2 aromatic carbocycles. The Balaban J connectivity index is 1.73. The van der Waals surface area contributed by atoms with E-state index in [1.807, 2.05) is 79.8 Å². The van der Waals surface area contributed by atoms with Gasteiger partial charge in [-0.1, -0.05) is 43.7 Å². The second kappa shape index (κ2) is 14.9. The van der Waals surface area contributed by atoms with Crippen LogP contribution in [0, 0.1) is 7.14 Å². The van der Waals surface area contributed by atoms with Crippen LogP contribution in [0.15, 0.2) is 81.8 Å². The van der Waals surface area contributed by atoms with Crippen molar-refractivity contribution in [2.75, 3.05) is 29.5 Å². The fourth-order valence-corrected chi connectivity index (χ4v) is 12.3. The standard InChI is InChI=1S/C32H36I2N2O12S4/c1-20(8-6-10-25-31(2,3)27-21(35(25)16-18-49(37,38)39)12-14-23(29(27)33)51(43,44)45)9-7-11-26-32(4,5)28-22(36(26)17-19-50(40,41)42)13-15-24(30(28)34)52(46,47)48/h6-15H,16-19H2,1-5H3,(H3-,37,38,39,40,41,42,43,44,45,46,47,48)/p+1/i33+4,34+4. The van der Waals surface area contributed by atoms with Gasteiger partial charge in [-0.25, -0.2) is 0 Å². The van der Waals surface area contributed by atoms with Crippen molar-refractivity contribution >= 4 is 103 Å².